The van der Waals surface area contributed by atoms with Crippen LogP contribution in [0.4, 0.5) is 0 Å². The number of carboxylic acid groups (broad SMARTS) is 1. The van der Waals surface area contributed by atoms with Crippen LogP contribution in [0, 0.1) is 5.92 Å². The molecule has 1 unspecified atom stereocenters. The number of amides is 3. The predicted molar refractivity (Wildman–Crippen MR) is 230 cm³/mol. The van der Waals surface area contributed by atoms with Crippen LogP contribution in [0.15, 0.2) is 0 Å². The Morgan fingerprint density at radius 1 is 0.750 bits per heavy atom. The third kappa shape index (κ3) is 39.6. The summed E-state index contributed by atoms with van der Waals surface area (Å²) in [6, 6.07) is -1.50. The Morgan fingerprint density at radius 3 is 1.92 bits per heavy atom. The van der Waals surface area contributed by atoms with E-state index in [9.17, 15) is 33.9 Å². The summed E-state index contributed by atoms with van der Waals surface area (Å²) in [4.78, 5) is 68.3. The summed E-state index contributed by atoms with van der Waals surface area (Å²) in [5, 5.41) is 36.7. The number of hydrogen-bond acceptors (Lipinski definition) is 13. The molecule has 1 aromatic heterocycles. The fourth-order valence-corrected chi connectivity index (χ4v) is 5.37. The van der Waals surface area contributed by atoms with E-state index in [1.165, 1.54) is 58.3 Å². The van der Waals surface area contributed by atoms with Gasteiger partial charge >= 0.3 is 5.97 Å². The van der Waals surface area contributed by atoms with E-state index in [0.717, 1.165) is 57.2 Å². The van der Waals surface area contributed by atoms with Crippen molar-refractivity contribution in [3.8, 4) is 0 Å². The van der Waals surface area contributed by atoms with Gasteiger partial charge in [-0.1, -0.05) is 96.6 Å². The first kappa shape index (κ1) is 58.2. The smallest absolute Gasteiger partial charge is 0.326 e. The lowest BCUT2D eigenvalue weighted by Crippen LogP contribution is -2.41. The summed E-state index contributed by atoms with van der Waals surface area (Å²) >= 11 is 0. The van der Waals surface area contributed by atoms with Gasteiger partial charge in [0.25, 0.3) is 0 Å². The van der Waals surface area contributed by atoms with Crippen LogP contribution in [0.3, 0.4) is 0 Å². The molecule has 0 spiro atoms. The van der Waals surface area contributed by atoms with Gasteiger partial charge in [0.2, 0.25) is 17.7 Å². The van der Waals surface area contributed by atoms with Crippen molar-refractivity contribution in [3.63, 3.8) is 0 Å². The summed E-state index contributed by atoms with van der Waals surface area (Å²) in [7, 11) is 0. The molecule has 1 rings (SSSR count). The van der Waals surface area contributed by atoms with Crippen molar-refractivity contribution in [3.05, 3.63) is 5.82 Å². The highest BCUT2D eigenvalue weighted by Gasteiger charge is 2.20. The SMILES string of the molecule is CCCCCCCCC(=O)NC(CCC(=O)CCCOCCOCC(=O)NCCCC[C@H](N)C(C)=O)C(=O)O.CCCCCCCCCc1nn[nH]n1.C[C@@H](CO)C(N)=O. The summed E-state index contributed by atoms with van der Waals surface area (Å²) in [6.07, 6.45) is 19.8. The zero-order chi connectivity index (χ0) is 45.2. The summed E-state index contributed by atoms with van der Waals surface area (Å²) in [5.41, 5.74) is 10.4. The van der Waals surface area contributed by atoms with Gasteiger partial charge in [-0.25, -0.2) is 4.79 Å². The summed E-state index contributed by atoms with van der Waals surface area (Å²) < 4.78 is 10.7. The molecular weight excluding hydrogens is 777 g/mol. The lowest BCUT2D eigenvalue weighted by atomic mass is 10.1. The minimum absolute atomic E-state index is 0.0361. The summed E-state index contributed by atoms with van der Waals surface area (Å²) in [6.45, 7) is 8.57. The van der Waals surface area contributed by atoms with Gasteiger partial charge in [-0.15, -0.1) is 10.2 Å². The largest absolute Gasteiger partial charge is 0.480 e. The molecule has 1 heterocycles. The van der Waals surface area contributed by atoms with Crippen LogP contribution in [0.1, 0.15) is 168 Å². The molecule has 0 aliphatic heterocycles. The molecule has 348 valence electrons. The number of hydrogen-bond donors (Lipinski definition) is 7. The predicted octanol–water partition coefficient (Wildman–Crippen LogP) is 4.26. The van der Waals surface area contributed by atoms with E-state index in [1.807, 2.05) is 0 Å². The molecule has 0 aliphatic rings. The van der Waals surface area contributed by atoms with Crippen molar-refractivity contribution in [1.82, 2.24) is 31.3 Å². The van der Waals surface area contributed by atoms with Gasteiger partial charge in [0.05, 0.1) is 31.8 Å². The molecular formula is C42H80N8O10. The van der Waals surface area contributed by atoms with Crippen molar-refractivity contribution in [2.75, 3.05) is 39.6 Å². The number of rotatable bonds is 37. The van der Waals surface area contributed by atoms with Crippen molar-refractivity contribution in [2.24, 2.45) is 17.4 Å². The normalized spacial score (nSPS) is 12.2. The van der Waals surface area contributed by atoms with Crippen LogP contribution < -0.4 is 22.1 Å². The van der Waals surface area contributed by atoms with Crippen LogP contribution in [-0.4, -0.2) is 118 Å². The molecule has 0 saturated carbocycles. The second-order valence-corrected chi connectivity index (χ2v) is 15.1. The number of aromatic nitrogens is 4. The fraction of sp³-hybridized carbons (Fsp3) is 0.833. The zero-order valence-corrected chi connectivity index (χ0v) is 37.2. The van der Waals surface area contributed by atoms with Gasteiger partial charge < -0.3 is 41.8 Å². The number of H-pyrrole nitrogens is 1. The Kier molecular flexibility index (Phi) is 40.6. The molecule has 0 radical (unpaired) electrons. The Morgan fingerprint density at radius 2 is 1.37 bits per heavy atom. The van der Waals surface area contributed by atoms with Gasteiger partial charge in [-0.05, 0) is 51.9 Å². The molecule has 3 amide bonds. The number of aliphatic hydroxyl groups excluding tert-OH is 1. The Labute approximate surface area is 358 Å². The molecule has 0 fully saturated rings. The molecule has 18 heteroatoms. The number of aryl methyl sites for hydroxylation is 1. The van der Waals surface area contributed by atoms with E-state index in [1.54, 1.807) is 6.92 Å². The second kappa shape index (κ2) is 41.8. The van der Waals surface area contributed by atoms with E-state index < -0.39 is 29.9 Å². The van der Waals surface area contributed by atoms with Crippen molar-refractivity contribution >= 4 is 35.3 Å². The van der Waals surface area contributed by atoms with E-state index in [4.69, 9.17) is 26.0 Å². The number of aliphatic carboxylic acids is 1. The van der Waals surface area contributed by atoms with Crippen molar-refractivity contribution in [2.45, 2.75) is 181 Å². The molecule has 0 aliphatic carbocycles. The lowest BCUT2D eigenvalue weighted by Gasteiger charge is -2.14. The number of aromatic amines is 1. The molecule has 1 aromatic rings. The topological polar surface area (TPSA) is 292 Å². The standard InChI is InChI=1S/C28H51N3O8.C10H20N4.C4H9NO2/c1-3-4-5-6-7-8-14-26(34)31-25(28(36)37)16-15-23(33)12-11-18-38-19-20-39-21-27(35)30-17-10-9-13-24(29)22(2)32;1-2-3-4-5-6-7-8-9-10-11-13-14-12-10;1-3(2-6)4(5)7/h24-25H,3-21,29H2,1-2H3,(H,30,35)(H,31,34)(H,36,37);2-9H2,1H3,(H,11,12,13,14);3,6H,2H2,1H3,(H2,5,7)/t24-,25?;;3-/m0.0/s1. The quantitative estimate of drug-likeness (QED) is 0.0460. The monoisotopic (exact) mass is 857 g/mol. The number of tetrazole rings is 1. The average Bonchev–Trinajstić information content (AvgIpc) is 3.74. The number of carbonyl (C=O) groups excluding carboxylic acids is 5. The first-order valence-electron chi connectivity index (χ1n) is 22.1. The highest BCUT2D eigenvalue weighted by Crippen LogP contribution is 2.10. The Bertz CT molecular complexity index is 1240. The second-order valence-electron chi connectivity index (χ2n) is 15.1. The fourth-order valence-electron chi connectivity index (χ4n) is 5.37. The Hall–Kier alpha value is -3.87. The van der Waals surface area contributed by atoms with Crippen LogP contribution >= 0.6 is 0 Å². The number of aliphatic hydroxyl groups is 1. The number of ketones is 2. The number of primary amides is 1. The third-order valence-corrected chi connectivity index (χ3v) is 9.39. The average molecular weight is 857 g/mol. The highest BCUT2D eigenvalue weighted by molar-refractivity contribution is 5.84. The molecule has 3 atom stereocenters. The number of nitrogens with zero attached hydrogens (tertiary/aromatic N) is 3. The summed E-state index contributed by atoms with van der Waals surface area (Å²) in [5.74, 6) is -1.77. The number of carbonyl (C=O) groups is 6. The van der Waals surface area contributed by atoms with Crippen molar-refractivity contribution < 1.29 is 48.5 Å². The highest BCUT2D eigenvalue weighted by atomic mass is 16.5. The first-order valence-corrected chi connectivity index (χ1v) is 22.1. The maximum absolute atomic E-state index is 12.1. The molecule has 0 saturated heterocycles. The molecule has 18 nitrogen and oxygen atoms in total. The number of ether oxygens (including phenoxy) is 2. The van der Waals surface area contributed by atoms with Crippen LogP contribution in [-0.2, 0) is 44.7 Å². The van der Waals surface area contributed by atoms with Crippen molar-refractivity contribution in [1.29, 1.82) is 0 Å². The first-order chi connectivity index (χ1) is 28.8. The number of carboxylic acids is 1. The van der Waals surface area contributed by atoms with Crippen LogP contribution in [0.25, 0.3) is 0 Å². The Balaban J connectivity index is 0. The van der Waals surface area contributed by atoms with Crippen LogP contribution in [0.5, 0.6) is 0 Å². The van der Waals surface area contributed by atoms with Gasteiger partial charge in [-0.3, -0.25) is 24.0 Å². The molecule has 60 heavy (non-hydrogen) atoms. The number of nitrogens with one attached hydrogen (secondary N) is 3. The van der Waals surface area contributed by atoms with Gasteiger partial charge in [0, 0.05) is 38.8 Å². The number of unbranched alkanes of at least 4 members (excludes halogenated alkanes) is 12. The van der Waals surface area contributed by atoms with E-state index in [2.05, 4.69) is 45.1 Å². The van der Waals surface area contributed by atoms with Gasteiger partial charge in [-0.2, -0.15) is 5.21 Å². The number of nitrogens with two attached hydrogens (primary N) is 2. The maximum Gasteiger partial charge on any atom is 0.326 e. The third-order valence-electron chi connectivity index (χ3n) is 9.39. The minimum Gasteiger partial charge on any atom is -0.480 e. The molecule has 9 N–H and O–H groups in total. The van der Waals surface area contributed by atoms with E-state index in [0.29, 0.717) is 32.4 Å². The molecule has 0 bridgehead atoms. The van der Waals surface area contributed by atoms with Gasteiger partial charge in [0.15, 0.2) is 5.82 Å². The van der Waals surface area contributed by atoms with E-state index in [-0.39, 0.29) is 69.1 Å². The maximum atomic E-state index is 12.1. The number of Topliss-reactive ketones (excluding diaryl/α,β-unsaturated/α-hetero) is 2. The lowest BCUT2D eigenvalue weighted by molar-refractivity contribution is -0.142. The minimum atomic E-state index is -1.13. The molecule has 0 aromatic carbocycles. The van der Waals surface area contributed by atoms with Gasteiger partial charge in [0.1, 0.15) is 24.2 Å². The van der Waals surface area contributed by atoms with Crippen LogP contribution in [0.2, 0.25) is 0 Å². The van der Waals surface area contributed by atoms with E-state index >= 15 is 0 Å². The zero-order valence-electron chi connectivity index (χ0n) is 37.2.